The van der Waals surface area contributed by atoms with Crippen molar-refractivity contribution in [2.24, 2.45) is 0 Å². The maximum absolute atomic E-state index is 11.0. The van der Waals surface area contributed by atoms with Crippen LogP contribution in [0.4, 0.5) is 0 Å². The highest BCUT2D eigenvalue weighted by Crippen LogP contribution is 2.19. The summed E-state index contributed by atoms with van der Waals surface area (Å²) in [5, 5.41) is 8.62. The van der Waals surface area contributed by atoms with Crippen LogP contribution >= 0.6 is 0 Å². The van der Waals surface area contributed by atoms with E-state index in [1.165, 1.54) is 6.42 Å². The summed E-state index contributed by atoms with van der Waals surface area (Å²) in [5.41, 5.74) is 1.06. The molecule has 0 saturated carbocycles. The highest BCUT2D eigenvalue weighted by Gasteiger charge is 2.13. The van der Waals surface area contributed by atoms with Crippen LogP contribution < -0.4 is 0 Å². The second kappa shape index (κ2) is 4.26. The summed E-state index contributed by atoms with van der Waals surface area (Å²) in [6, 6.07) is 0. The van der Waals surface area contributed by atoms with Crippen LogP contribution in [0.5, 0.6) is 0 Å². The van der Waals surface area contributed by atoms with Gasteiger partial charge in [-0.25, -0.2) is 0 Å². The fourth-order valence-corrected chi connectivity index (χ4v) is 1.39. The molecule has 0 radical (unpaired) electrons. The largest absolute Gasteiger partial charge is 0.387 e. The minimum atomic E-state index is -0.395. The molecule has 68 valence electrons. The third-order valence-electron chi connectivity index (χ3n) is 2.21. The molecule has 1 N–H and O–H groups in total. The maximum atomic E-state index is 11.0. The number of allylic oxidation sites excluding steroid dienone is 2. The number of carbonyl (C=O) groups is 1. The van der Waals surface area contributed by atoms with Crippen molar-refractivity contribution in [3.63, 3.8) is 0 Å². The highest BCUT2D eigenvalue weighted by atomic mass is 16.3. The molecule has 0 unspecified atom stereocenters. The van der Waals surface area contributed by atoms with E-state index in [1.54, 1.807) is 11.9 Å². The van der Waals surface area contributed by atoms with Gasteiger partial charge in [0.05, 0.1) is 0 Å². The standard InChI is InChI=1S/C9H15NO2/c1-10(9(12)7-11)8-5-3-2-4-6-8/h5,11H,2-4,6-7H2,1H3. The van der Waals surface area contributed by atoms with Crippen molar-refractivity contribution >= 4 is 5.91 Å². The molecule has 0 bridgehead atoms. The van der Waals surface area contributed by atoms with Gasteiger partial charge in [-0.3, -0.25) is 4.79 Å². The molecule has 3 heteroatoms. The van der Waals surface area contributed by atoms with Crippen LogP contribution in [0.15, 0.2) is 11.8 Å². The van der Waals surface area contributed by atoms with Crippen molar-refractivity contribution in [3.8, 4) is 0 Å². The van der Waals surface area contributed by atoms with Gasteiger partial charge in [-0.15, -0.1) is 0 Å². The molecule has 1 rings (SSSR count). The van der Waals surface area contributed by atoms with Crippen molar-refractivity contribution in [1.29, 1.82) is 0 Å². The van der Waals surface area contributed by atoms with E-state index in [0.29, 0.717) is 0 Å². The summed E-state index contributed by atoms with van der Waals surface area (Å²) < 4.78 is 0. The first-order chi connectivity index (χ1) is 5.75. The van der Waals surface area contributed by atoms with Crippen molar-refractivity contribution in [3.05, 3.63) is 11.8 Å². The predicted molar refractivity (Wildman–Crippen MR) is 46.4 cm³/mol. The number of aliphatic hydroxyl groups excluding tert-OH is 1. The molecule has 1 amide bonds. The Balaban J connectivity index is 2.56. The Hall–Kier alpha value is -0.830. The van der Waals surface area contributed by atoms with E-state index in [4.69, 9.17) is 5.11 Å². The van der Waals surface area contributed by atoms with Crippen LogP contribution in [-0.2, 0) is 4.79 Å². The first kappa shape index (κ1) is 9.26. The molecule has 1 aliphatic carbocycles. The van der Waals surface area contributed by atoms with E-state index in [2.05, 4.69) is 6.08 Å². The second-order valence-corrected chi connectivity index (χ2v) is 3.05. The van der Waals surface area contributed by atoms with Crippen molar-refractivity contribution in [2.75, 3.05) is 13.7 Å². The van der Waals surface area contributed by atoms with E-state index in [1.807, 2.05) is 0 Å². The van der Waals surface area contributed by atoms with Crippen LogP contribution in [0.3, 0.4) is 0 Å². The SMILES string of the molecule is CN(C(=O)CO)C1=CCCCC1. The molecule has 12 heavy (non-hydrogen) atoms. The summed E-state index contributed by atoms with van der Waals surface area (Å²) in [4.78, 5) is 12.6. The zero-order chi connectivity index (χ0) is 8.97. The highest BCUT2D eigenvalue weighted by molar-refractivity contribution is 5.78. The summed E-state index contributed by atoms with van der Waals surface area (Å²) in [6.45, 7) is -0.395. The molecular weight excluding hydrogens is 154 g/mol. The summed E-state index contributed by atoms with van der Waals surface area (Å²) in [5.74, 6) is -0.219. The topological polar surface area (TPSA) is 40.5 Å². The van der Waals surface area contributed by atoms with Crippen LogP contribution in [0.1, 0.15) is 25.7 Å². The number of likely N-dealkylation sites (N-methyl/N-ethyl adjacent to an activating group) is 1. The monoisotopic (exact) mass is 169 g/mol. The first-order valence-corrected chi connectivity index (χ1v) is 4.32. The van der Waals surface area contributed by atoms with Crippen LogP contribution in [0, 0.1) is 0 Å². The van der Waals surface area contributed by atoms with E-state index >= 15 is 0 Å². The number of amides is 1. The number of nitrogens with zero attached hydrogens (tertiary/aromatic N) is 1. The molecule has 0 aromatic heterocycles. The van der Waals surface area contributed by atoms with Crippen LogP contribution in [0.2, 0.25) is 0 Å². The molecule has 0 spiro atoms. The van der Waals surface area contributed by atoms with E-state index in [9.17, 15) is 4.79 Å². The van der Waals surface area contributed by atoms with Crippen molar-refractivity contribution < 1.29 is 9.90 Å². The van der Waals surface area contributed by atoms with Gasteiger partial charge in [-0.2, -0.15) is 0 Å². The predicted octanol–water partition coefficient (Wildman–Crippen LogP) is 0.895. The lowest BCUT2D eigenvalue weighted by Crippen LogP contribution is -2.29. The lowest BCUT2D eigenvalue weighted by atomic mass is 10.0. The van der Waals surface area contributed by atoms with E-state index in [-0.39, 0.29) is 5.91 Å². The zero-order valence-corrected chi connectivity index (χ0v) is 7.42. The first-order valence-electron chi connectivity index (χ1n) is 4.32. The molecule has 0 aromatic rings. The van der Waals surface area contributed by atoms with Gasteiger partial charge in [-0.1, -0.05) is 6.08 Å². The van der Waals surface area contributed by atoms with Gasteiger partial charge in [0, 0.05) is 12.7 Å². The normalized spacial score (nSPS) is 17.0. The molecule has 0 atom stereocenters. The fourth-order valence-electron chi connectivity index (χ4n) is 1.39. The third kappa shape index (κ3) is 2.08. The second-order valence-electron chi connectivity index (χ2n) is 3.05. The number of rotatable bonds is 2. The van der Waals surface area contributed by atoms with Crippen LogP contribution in [-0.4, -0.2) is 29.6 Å². The minimum Gasteiger partial charge on any atom is -0.387 e. The Morgan fingerprint density at radius 1 is 1.67 bits per heavy atom. The zero-order valence-electron chi connectivity index (χ0n) is 7.42. The van der Waals surface area contributed by atoms with Crippen molar-refractivity contribution in [2.45, 2.75) is 25.7 Å². The van der Waals surface area contributed by atoms with Gasteiger partial charge in [0.15, 0.2) is 0 Å². The molecular formula is C9H15NO2. The van der Waals surface area contributed by atoms with Crippen LogP contribution in [0.25, 0.3) is 0 Å². The minimum absolute atomic E-state index is 0.219. The Labute approximate surface area is 72.7 Å². The molecule has 0 saturated heterocycles. The summed E-state index contributed by atoms with van der Waals surface area (Å²) >= 11 is 0. The quantitative estimate of drug-likeness (QED) is 0.667. The van der Waals surface area contributed by atoms with Gasteiger partial charge >= 0.3 is 0 Å². The van der Waals surface area contributed by atoms with Gasteiger partial charge < -0.3 is 10.0 Å². The Morgan fingerprint density at radius 3 is 2.92 bits per heavy atom. The number of aliphatic hydroxyl groups is 1. The molecule has 1 aliphatic rings. The van der Waals surface area contributed by atoms with Gasteiger partial charge in [0.25, 0.3) is 5.91 Å². The fraction of sp³-hybridized carbons (Fsp3) is 0.667. The average Bonchev–Trinajstić information content (AvgIpc) is 2.17. The molecule has 0 aromatic carbocycles. The average molecular weight is 169 g/mol. The maximum Gasteiger partial charge on any atom is 0.252 e. The molecule has 3 nitrogen and oxygen atoms in total. The number of hydrogen-bond donors (Lipinski definition) is 1. The van der Waals surface area contributed by atoms with E-state index < -0.39 is 6.61 Å². The molecule has 0 fully saturated rings. The Kier molecular flexibility index (Phi) is 3.29. The number of hydrogen-bond acceptors (Lipinski definition) is 2. The van der Waals surface area contributed by atoms with E-state index in [0.717, 1.165) is 25.0 Å². The molecule has 0 heterocycles. The van der Waals surface area contributed by atoms with Crippen molar-refractivity contribution in [1.82, 2.24) is 4.90 Å². The smallest absolute Gasteiger partial charge is 0.252 e. The van der Waals surface area contributed by atoms with Gasteiger partial charge in [0.1, 0.15) is 6.61 Å². The summed E-state index contributed by atoms with van der Waals surface area (Å²) in [6.07, 6.45) is 6.46. The lowest BCUT2D eigenvalue weighted by Gasteiger charge is -2.22. The third-order valence-corrected chi connectivity index (χ3v) is 2.21. The number of carbonyl (C=O) groups excluding carboxylic acids is 1. The van der Waals surface area contributed by atoms with Gasteiger partial charge in [-0.05, 0) is 25.7 Å². The Morgan fingerprint density at radius 2 is 2.42 bits per heavy atom. The lowest BCUT2D eigenvalue weighted by molar-refractivity contribution is -0.131. The molecule has 0 aliphatic heterocycles. The Bertz CT molecular complexity index is 199. The summed E-state index contributed by atoms with van der Waals surface area (Å²) in [7, 11) is 1.72. The van der Waals surface area contributed by atoms with Gasteiger partial charge in [0.2, 0.25) is 0 Å².